The first-order valence-corrected chi connectivity index (χ1v) is 10.1. The lowest BCUT2D eigenvalue weighted by atomic mass is 10.2. The molecule has 0 unspecified atom stereocenters. The van der Waals surface area contributed by atoms with Gasteiger partial charge >= 0.3 is 0 Å². The van der Waals surface area contributed by atoms with Crippen LogP contribution in [0, 0.1) is 0 Å². The predicted octanol–water partition coefficient (Wildman–Crippen LogP) is 3.34. The minimum atomic E-state index is -3.83. The fraction of sp³-hybridized carbons (Fsp3) is 0. The van der Waals surface area contributed by atoms with Crippen molar-refractivity contribution in [3.05, 3.63) is 63.5 Å². The number of carbonyl (C=O) groups excluding carboxylic acids is 2. The monoisotopic (exact) mass is 438 g/mol. The standard InChI is InChI=1S/C16H11BrN2O4S2/c17-11-3-1-10(2-4-11)9-14-15(20)19(16(21)24-14)12-5-7-13(8-6-12)25(18,22)23/h1-9H,(H2,18,22,23)/b14-9-. The number of nitrogens with two attached hydrogens (primary N) is 1. The topological polar surface area (TPSA) is 97.5 Å². The normalized spacial score (nSPS) is 16.7. The maximum atomic E-state index is 12.5. The van der Waals surface area contributed by atoms with Crippen molar-refractivity contribution in [3.63, 3.8) is 0 Å². The molecular formula is C16H11BrN2O4S2. The van der Waals surface area contributed by atoms with Crippen molar-refractivity contribution in [1.29, 1.82) is 0 Å². The maximum Gasteiger partial charge on any atom is 0.298 e. The van der Waals surface area contributed by atoms with Gasteiger partial charge in [0.25, 0.3) is 11.1 Å². The zero-order chi connectivity index (χ0) is 18.2. The molecule has 2 N–H and O–H groups in total. The van der Waals surface area contributed by atoms with E-state index in [1.807, 2.05) is 24.3 Å². The Hall–Kier alpha value is -1.94. The van der Waals surface area contributed by atoms with Crippen molar-refractivity contribution in [1.82, 2.24) is 0 Å². The van der Waals surface area contributed by atoms with Gasteiger partial charge in [-0.25, -0.2) is 18.5 Å². The molecule has 0 aromatic heterocycles. The average molecular weight is 439 g/mol. The van der Waals surface area contributed by atoms with E-state index in [1.54, 1.807) is 6.08 Å². The number of sulfonamides is 1. The first-order chi connectivity index (χ1) is 11.8. The number of primary sulfonamides is 1. The van der Waals surface area contributed by atoms with Crippen LogP contribution in [0.1, 0.15) is 5.56 Å². The molecule has 0 bridgehead atoms. The molecule has 25 heavy (non-hydrogen) atoms. The van der Waals surface area contributed by atoms with Crippen LogP contribution in [-0.4, -0.2) is 19.6 Å². The van der Waals surface area contributed by atoms with Gasteiger partial charge in [-0.05, 0) is 59.8 Å². The minimum absolute atomic E-state index is 0.0892. The number of imide groups is 1. The van der Waals surface area contributed by atoms with Gasteiger partial charge in [-0.1, -0.05) is 28.1 Å². The highest BCUT2D eigenvalue weighted by Crippen LogP contribution is 2.36. The lowest BCUT2D eigenvalue weighted by molar-refractivity contribution is -0.113. The SMILES string of the molecule is NS(=O)(=O)c1ccc(N2C(=O)S/C(=C\c3ccc(Br)cc3)C2=O)cc1. The van der Waals surface area contributed by atoms with E-state index in [1.165, 1.54) is 24.3 Å². The molecule has 0 spiro atoms. The third-order valence-electron chi connectivity index (χ3n) is 3.38. The number of halogens is 1. The van der Waals surface area contributed by atoms with E-state index in [0.717, 1.165) is 26.7 Å². The van der Waals surface area contributed by atoms with Gasteiger partial charge in [-0.2, -0.15) is 0 Å². The molecule has 1 aliphatic heterocycles. The lowest BCUT2D eigenvalue weighted by Crippen LogP contribution is -2.27. The summed E-state index contributed by atoms with van der Waals surface area (Å²) in [4.78, 5) is 25.9. The highest BCUT2D eigenvalue weighted by atomic mass is 79.9. The van der Waals surface area contributed by atoms with E-state index in [2.05, 4.69) is 15.9 Å². The Balaban J connectivity index is 1.90. The smallest absolute Gasteiger partial charge is 0.268 e. The second kappa shape index (κ2) is 6.75. The molecule has 0 aliphatic carbocycles. The highest BCUT2D eigenvalue weighted by molar-refractivity contribution is 9.10. The summed E-state index contributed by atoms with van der Waals surface area (Å²) in [5, 5.41) is 4.59. The van der Waals surface area contributed by atoms with Gasteiger partial charge in [0.1, 0.15) is 0 Å². The Morgan fingerprint density at radius 2 is 1.60 bits per heavy atom. The molecule has 2 aromatic rings. The molecular weight excluding hydrogens is 428 g/mol. The van der Waals surface area contributed by atoms with Crippen LogP contribution in [0.2, 0.25) is 0 Å². The largest absolute Gasteiger partial charge is 0.298 e. The van der Waals surface area contributed by atoms with Gasteiger partial charge in [0.05, 0.1) is 15.5 Å². The third kappa shape index (κ3) is 3.84. The Bertz CT molecular complexity index is 984. The van der Waals surface area contributed by atoms with E-state index in [9.17, 15) is 18.0 Å². The van der Waals surface area contributed by atoms with Gasteiger partial charge in [-0.3, -0.25) is 9.59 Å². The van der Waals surface area contributed by atoms with Crippen molar-refractivity contribution in [2.45, 2.75) is 4.90 Å². The van der Waals surface area contributed by atoms with E-state index in [4.69, 9.17) is 5.14 Å². The van der Waals surface area contributed by atoms with Gasteiger partial charge in [0.2, 0.25) is 10.0 Å². The van der Waals surface area contributed by atoms with E-state index in [0.29, 0.717) is 4.91 Å². The van der Waals surface area contributed by atoms with Crippen molar-refractivity contribution in [3.8, 4) is 0 Å². The van der Waals surface area contributed by atoms with Gasteiger partial charge in [-0.15, -0.1) is 0 Å². The van der Waals surface area contributed by atoms with Crippen molar-refractivity contribution >= 4 is 60.6 Å². The molecule has 0 atom stereocenters. The van der Waals surface area contributed by atoms with Crippen molar-refractivity contribution < 1.29 is 18.0 Å². The summed E-state index contributed by atoms with van der Waals surface area (Å²) in [6, 6.07) is 12.6. The Kier molecular flexibility index (Phi) is 4.83. The molecule has 1 fully saturated rings. The molecule has 2 aromatic carbocycles. The summed E-state index contributed by atoms with van der Waals surface area (Å²) in [5.74, 6) is -0.457. The lowest BCUT2D eigenvalue weighted by Gasteiger charge is -2.12. The quantitative estimate of drug-likeness (QED) is 0.740. The summed E-state index contributed by atoms with van der Waals surface area (Å²) in [7, 11) is -3.83. The molecule has 3 rings (SSSR count). The second-order valence-corrected chi connectivity index (χ2v) is 8.58. The number of amides is 2. The molecule has 9 heteroatoms. The number of anilines is 1. The molecule has 1 aliphatic rings. The molecule has 1 saturated heterocycles. The average Bonchev–Trinajstić information content (AvgIpc) is 2.83. The number of hydrogen-bond donors (Lipinski definition) is 1. The molecule has 2 amide bonds. The van der Waals surface area contributed by atoms with Crippen LogP contribution >= 0.6 is 27.7 Å². The van der Waals surface area contributed by atoms with Crippen molar-refractivity contribution in [2.75, 3.05) is 4.90 Å². The fourth-order valence-corrected chi connectivity index (χ4v) is 3.81. The molecule has 0 radical (unpaired) electrons. The summed E-state index contributed by atoms with van der Waals surface area (Å²) in [6.45, 7) is 0. The van der Waals surface area contributed by atoms with Crippen LogP contribution in [0.4, 0.5) is 10.5 Å². The third-order valence-corrected chi connectivity index (χ3v) is 5.71. The summed E-state index contributed by atoms with van der Waals surface area (Å²) >= 11 is 4.16. The van der Waals surface area contributed by atoms with Crippen LogP contribution in [0.5, 0.6) is 0 Å². The molecule has 1 heterocycles. The summed E-state index contributed by atoms with van der Waals surface area (Å²) < 4.78 is 23.5. The van der Waals surface area contributed by atoms with E-state index >= 15 is 0 Å². The zero-order valence-corrected chi connectivity index (χ0v) is 15.8. The first kappa shape index (κ1) is 17.9. The fourth-order valence-electron chi connectivity index (χ4n) is 2.19. The van der Waals surface area contributed by atoms with Crippen LogP contribution in [0.25, 0.3) is 6.08 Å². The van der Waals surface area contributed by atoms with Crippen LogP contribution in [0.15, 0.2) is 62.8 Å². The predicted molar refractivity (Wildman–Crippen MR) is 100 cm³/mol. The van der Waals surface area contributed by atoms with Crippen LogP contribution in [-0.2, 0) is 14.8 Å². The Morgan fingerprint density at radius 1 is 1.00 bits per heavy atom. The van der Waals surface area contributed by atoms with Gasteiger partial charge in [0, 0.05) is 4.47 Å². The molecule has 6 nitrogen and oxygen atoms in total. The molecule has 128 valence electrons. The number of nitrogens with zero attached hydrogens (tertiary/aromatic N) is 1. The number of hydrogen-bond acceptors (Lipinski definition) is 5. The highest BCUT2D eigenvalue weighted by Gasteiger charge is 2.36. The molecule has 0 saturated carbocycles. The first-order valence-electron chi connectivity index (χ1n) is 6.92. The zero-order valence-electron chi connectivity index (χ0n) is 12.5. The number of benzene rings is 2. The summed E-state index contributed by atoms with van der Waals surface area (Å²) in [6.07, 6.45) is 1.63. The summed E-state index contributed by atoms with van der Waals surface area (Å²) in [5.41, 5.74) is 1.08. The Labute approximate surface area is 156 Å². The van der Waals surface area contributed by atoms with Crippen LogP contribution in [0.3, 0.4) is 0 Å². The van der Waals surface area contributed by atoms with Gasteiger partial charge in [0.15, 0.2) is 0 Å². The number of rotatable bonds is 3. The maximum absolute atomic E-state index is 12.5. The Morgan fingerprint density at radius 3 is 2.16 bits per heavy atom. The van der Waals surface area contributed by atoms with E-state index < -0.39 is 21.2 Å². The van der Waals surface area contributed by atoms with Crippen molar-refractivity contribution in [2.24, 2.45) is 5.14 Å². The number of carbonyl (C=O) groups is 2. The van der Waals surface area contributed by atoms with E-state index in [-0.39, 0.29) is 10.6 Å². The number of thioether (sulfide) groups is 1. The van der Waals surface area contributed by atoms with Gasteiger partial charge < -0.3 is 0 Å². The van der Waals surface area contributed by atoms with Crippen LogP contribution < -0.4 is 10.0 Å². The second-order valence-electron chi connectivity index (χ2n) is 5.11. The minimum Gasteiger partial charge on any atom is -0.268 e.